The summed E-state index contributed by atoms with van der Waals surface area (Å²) in [5.74, 6) is 5.48. The van der Waals surface area contributed by atoms with Crippen LogP contribution in [-0.2, 0) is 0 Å². The van der Waals surface area contributed by atoms with Crippen LogP contribution in [-0.4, -0.2) is 0 Å². The summed E-state index contributed by atoms with van der Waals surface area (Å²) >= 11 is 0. The first-order chi connectivity index (χ1) is 10.2. The van der Waals surface area contributed by atoms with Gasteiger partial charge >= 0.3 is 0 Å². The Bertz CT molecular complexity index is 393. The molecule has 1 atom stereocenters. The van der Waals surface area contributed by atoms with Crippen molar-refractivity contribution in [3.63, 3.8) is 0 Å². The average molecular weight is 294 g/mol. The summed E-state index contributed by atoms with van der Waals surface area (Å²) in [5, 5.41) is 0. The number of benzene rings is 1. The van der Waals surface area contributed by atoms with Gasteiger partial charge < -0.3 is 0 Å². The summed E-state index contributed by atoms with van der Waals surface area (Å²) in [6.45, 7) is 4.03. The molecule has 0 saturated heterocycles. The van der Waals surface area contributed by atoms with Crippen LogP contribution in [0.15, 0.2) is 18.2 Å². The van der Waals surface area contributed by atoms with Gasteiger partial charge in [-0.05, 0) is 18.9 Å². The molecule has 1 unspecified atom stereocenters. The lowest BCUT2D eigenvalue weighted by Gasteiger charge is -2.17. The zero-order valence-electron chi connectivity index (χ0n) is 13.6. The summed E-state index contributed by atoms with van der Waals surface area (Å²) < 4.78 is 14.1. The first-order valence-electron chi connectivity index (χ1n) is 8.41. The van der Waals surface area contributed by atoms with E-state index in [0.29, 0.717) is 11.1 Å². The van der Waals surface area contributed by atoms with Gasteiger partial charge in [0.1, 0.15) is 5.82 Å². The number of nitrogens with two attached hydrogens (primary N) is 1. The fourth-order valence-electron chi connectivity index (χ4n) is 2.75. The van der Waals surface area contributed by atoms with Crippen molar-refractivity contribution in [2.75, 3.05) is 0 Å². The average Bonchev–Trinajstić information content (AvgIpc) is 2.49. The fraction of sp³-hybridized carbons (Fsp3) is 0.667. The van der Waals surface area contributed by atoms with E-state index < -0.39 is 0 Å². The second-order valence-electron chi connectivity index (χ2n) is 5.96. The van der Waals surface area contributed by atoms with Gasteiger partial charge in [-0.2, -0.15) is 0 Å². The Morgan fingerprint density at radius 1 is 1.05 bits per heavy atom. The Kier molecular flexibility index (Phi) is 9.27. The Labute approximate surface area is 129 Å². The number of nitrogens with one attached hydrogen (secondary N) is 1. The minimum Gasteiger partial charge on any atom is -0.271 e. The summed E-state index contributed by atoms with van der Waals surface area (Å²) in [6.07, 6.45) is 11.1. The number of unbranched alkanes of at least 4 members (excludes halogenated alkanes) is 7. The fourth-order valence-corrected chi connectivity index (χ4v) is 2.75. The predicted molar refractivity (Wildman–Crippen MR) is 88.4 cm³/mol. The van der Waals surface area contributed by atoms with Crippen molar-refractivity contribution >= 4 is 0 Å². The Morgan fingerprint density at radius 2 is 1.67 bits per heavy atom. The lowest BCUT2D eigenvalue weighted by atomic mass is 9.98. The molecule has 0 aliphatic carbocycles. The molecule has 0 aromatic heterocycles. The molecule has 0 amide bonds. The van der Waals surface area contributed by atoms with E-state index in [-0.39, 0.29) is 11.9 Å². The highest BCUT2D eigenvalue weighted by molar-refractivity contribution is 5.27. The van der Waals surface area contributed by atoms with Gasteiger partial charge in [-0.1, -0.05) is 76.5 Å². The highest BCUT2D eigenvalue weighted by Crippen LogP contribution is 2.24. The summed E-state index contributed by atoms with van der Waals surface area (Å²) in [4.78, 5) is 0. The van der Waals surface area contributed by atoms with E-state index in [9.17, 15) is 4.39 Å². The third-order valence-corrected chi connectivity index (χ3v) is 4.14. The molecule has 0 saturated carbocycles. The Balaban J connectivity index is 2.27. The summed E-state index contributed by atoms with van der Waals surface area (Å²) in [7, 11) is 0. The Hall–Kier alpha value is -0.930. The van der Waals surface area contributed by atoms with Gasteiger partial charge in [-0.15, -0.1) is 0 Å². The minimum absolute atomic E-state index is 0.0787. The third-order valence-electron chi connectivity index (χ3n) is 4.14. The van der Waals surface area contributed by atoms with E-state index in [1.165, 1.54) is 44.9 Å². The van der Waals surface area contributed by atoms with Crippen LogP contribution in [0, 0.1) is 12.7 Å². The molecule has 0 aliphatic heterocycles. The van der Waals surface area contributed by atoms with Crippen LogP contribution < -0.4 is 11.3 Å². The van der Waals surface area contributed by atoms with Crippen molar-refractivity contribution in [3.8, 4) is 0 Å². The molecular weight excluding hydrogens is 263 g/mol. The first-order valence-corrected chi connectivity index (χ1v) is 8.41. The second-order valence-corrected chi connectivity index (χ2v) is 5.96. The second kappa shape index (κ2) is 10.7. The van der Waals surface area contributed by atoms with Crippen LogP contribution in [0.4, 0.5) is 4.39 Å². The number of rotatable bonds is 11. The topological polar surface area (TPSA) is 38.0 Å². The Morgan fingerprint density at radius 3 is 2.29 bits per heavy atom. The largest absolute Gasteiger partial charge is 0.271 e. The van der Waals surface area contributed by atoms with Crippen molar-refractivity contribution < 1.29 is 4.39 Å². The molecule has 0 heterocycles. The molecule has 0 fully saturated rings. The van der Waals surface area contributed by atoms with Crippen molar-refractivity contribution in [1.82, 2.24) is 5.43 Å². The van der Waals surface area contributed by atoms with Gasteiger partial charge in [0.15, 0.2) is 0 Å². The zero-order chi connectivity index (χ0) is 15.5. The smallest absolute Gasteiger partial charge is 0.130 e. The monoisotopic (exact) mass is 294 g/mol. The molecule has 2 nitrogen and oxygen atoms in total. The lowest BCUT2D eigenvalue weighted by molar-refractivity contribution is 0.455. The predicted octanol–water partition coefficient (Wildman–Crippen LogP) is 5.17. The molecule has 1 aromatic rings. The van der Waals surface area contributed by atoms with E-state index in [0.717, 1.165) is 12.8 Å². The first kappa shape index (κ1) is 18.1. The maximum Gasteiger partial charge on any atom is 0.130 e. The third kappa shape index (κ3) is 6.58. The standard InChI is InChI=1S/C18H31FN2/c1-3-4-5-6-7-8-9-10-14-17(21-20)16-13-11-12-15(2)18(16)19/h11-13,17,21H,3-10,14,20H2,1-2H3. The van der Waals surface area contributed by atoms with Crippen LogP contribution >= 0.6 is 0 Å². The SMILES string of the molecule is CCCCCCCCCCC(NN)c1cccc(C)c1F. The van der Waals surface area contributed by atoms with Gasteiger partial charge in [0, 0.05) is 11.6 Å². The minimum atomic E-state index is -0.125. The van der Waals surface area contributed by atoms with E-state index in [2.05, 4.69) is 12.3 Å². The number of halogens is 1. The quantitative estimate of drug-likeness (QED) is 0.336. The van der Waals surface area contributed by atoms with E-state index in [4.69, 9.17) is 5.84 Å². The number of aryl methyl sites for hydroxylation is 1. The number of hydrazine groups is 1. The summed E-state index contributed by atoms with van der Waals surface area (Å²) in [6, 6.07) is 5.44. The van der Waals surface area contributed by atoms with Gasteiger partial charge in [0.2, 0.25) is 0 Å². The molecular formula is C18H31FN2. The molecule has 3 N–H and O–H groups in total. The number of hydrogen-bond donors (Lipinski definition) is 2. The van der Waals surface area contributed by atoms with Crippen molar-refractivity contribution in [2.45, 2.75) is 77.7 Å². The molecule has 0 bridgehead atoms. The maximum atomic E-state index is 14.1. The molecule has 21 heavy (non-hydrogen) atoms. The van der Waals surface area contributed by atoms with Gasteiger partial charge in [0.25, 0.3) is 0 Å². The van der Waals surface area contributed by atoms with Crippen LogP contribution in [0.25, 0.3) is 0 Å². The molecule has 1 aromatic carbocycles. The highest BCUT2D eigenvalue weighted by Gasteiger charge is 2.14. The van der Waals surface area contributed by atoms with Crippen LogP contribution in [0.5, 0.6) is 0 Å². The molecule has 120 valence electrons. The van der Waals surface area contributed by atoms with Crippen LogP contribution in [0.2, 0.25) is 0 Å². The molecule has 1 rings (SSSR count). The maximum absolute atomic E-state index is 14.1. The number of hydrogen-bond acceptors (Lipinski definition) is 2. The van der Waals surface area contributed by atoms with E-state index in [1.807, 2.05) is 12.1 Å². The van der Waals surface area contributed by atoms with Crippen molar-refractivity contribution in [2.24, 2.45) is 5.84 Å². The van der Waals surface area contributed by atoms with Gasteiger partial charge in [-0.3, -0.25) is 11.3 Å². The molecule has 3 heteroatoms. The lowest BCUT2D eigenvalue weighted by Crippen LogP contribution is -2.28. The van der Waals surface area contributed by atoms with Crippen LogP contribution in [0.3, 0.4) is 0 Å². The normalized spacial score (nSPS) is 12.6. The van der Waals surface area contributed by atoms with Crippen molar-refractivity contribution in [3.05, 3.63) is 35.1 Å². The van der Waals surface area contributed by atoms with Gasteiger partial charge in [-0.25, -0.2) is 4.39 Å². The van der Waals surface area contributed by atoms with Gasteiger partial charge in [0.05, 0.1) is 0 Å². The summed E-state index contributed by atoms with van der Waals surface area (Å²) in [5.41, 5.74) is 4.14. The molecule has 0 radical (unpaired) electrons. The zero-order valence-corrected chi connectivity index (χ0v) is 13.6. The van der Waals surface area contributed by atoms with E-state index >= 15 is 0 Å². The van der Waals surface area contributed by atoms with Crippen molar-refractivity contribution in [1.29, 1.82) is 0 Å². The highest BCUT2D eigenvalue weighted by atomic mass is 19.1. The van der Waals surface area contributed by atoms with E-state index in [1.54, 1.807) is 13.0 Å². The van der Waals surface area contributed by atoms with Crippen LogP contribution in [0.1, 0.15) is 81.9 Å². The molecule has 0 aliphatic rings. The molecule has 0 spiro atoms.